The summed E-state index contributed by atoms with van der Waals surface area (Å²) in [7, 11) is -4.85. The van der Waals surface area contributed by atoms with Crippen LogP contribution in [-0.4, -0.2) is 14.2 Å². The van der Waals surface area contributed by atoms with E-state index < -0.39 is 21.6 Å². The number of rotatable bonds is 3. The van der Waals surface area contributed by atoms with E-state index in [2.05, 4.69) is 0 Å². The second kappa shape index (κ2) is 4.40. The van der Waals surface area contributed by atoms with Crippen LogP contribution in [0.25, 0.3) is 0 Å². The molecule has 0 aliphatic rings. The predicted molar refractivity (Wildman–Crippen MR) is 49.7 cm³/mol. The quantitative estimate of drug-likeness (QED) is 0.886. The first-order chi connectivity index (χ1) is 7.36. The second-order valence-electron chi connectivity index (χ2n) is 2.71. The van der Waals surface area contributed by atoms with Crippen molar-refractivity contribution in [2.45, 2.75) is 5.76 Å². The summed E-state index contributed by atoms with van der Waals surface area (Å²) in [5.41, 5.74) is -0.756. The van der Waals surface area contributed by atoms with Gasteiger partial charge in [0.05, 0.1) is 11.3 Å². The van der Waals surface area contributed by atoms with Gasteiger partial charge >= 0.3 is 5.76 Å². The van der Waals surface area contributed by atoms with Crippen LogP contribution >= 0.6 is 0 Å². The molecule has 0 aliphatic heterocycles. The Balaban J connectivity index is 3.13. The van der Waals surface area contributed by atoms with Crippen LogP contribution in [0.1, 0.15) is 5.56 Å². The van der Waals surface area contributed by atoms with Gasteiger partial charge in [0.1, 0.15) is 11.9 Å². The van der Waals surface area contributed by atoms with E-state index >= 15 is 0 Å². The minimum absolute atomic E-state index is 0.371. The lowest BCUT2D eigenvalue weighted by atomic mass is 10.2. The molecule has 4 nitrogen and oxygen atoms in total. The van der Waals surface area contributed by atoms with E-state index in [1.807, 2.05) is 0 Å². The van der Waals surface area contributed by atoms with Gasteiger partial charge < -0.3 is 0 Å². The molecule has 0 aromatic heterocycles. The summed E-state index contributed by atoms with van der Waals surface area (Å²) in [6.45, 7) is 0. The highest BCUT2D eigenvalue weighted by molar-refractivity contribution is 7.93. The highest BCUT2D eigenvalue weighted by atomic mass is 32.2. The fraction of sp³-hybridized carbons (Fsp3) is 0.125. The Morgan fingerprint density at radius 2 is 2.00 bits per heavy atom. The molecule has 0 saturated carbocycles. The van der Waals surface area contributed by atoms with Gasteiger partial charge in [-0.25, -0.2) is 12.8 Å². The van der Waals surface area contributed by atoms with Crippen LogP contribution in [0.2, 0.25) is 0 Å². The van der Waals surface area contributed by atoms with Gasteiger partial charge in [0.2, 0.25) is 0 Å². The van der Waals surface area contributed by atoms with E-state index in [-0.39, 0.29) is 11.3 Å². The molecule has 0 spiro atoms. The van der Waals surface area contributed by atoms with Gasteiger partial charge in [0.15, 0.2) is 0 Å². The maximum absolute atomic E-state index is 12.6. The molecule has 1 aromatic rings. The van der Waals surface area contributed by atoms with Crippen LogP contribution < -0.4 is 4.72 Å². The van der Waals surface area contributed by atoms with Gasteiger partial charge in [0, 0.05) is 0 Å². The number of nitrogens with zero attached hydrogens (tertiary/aromatic N) is 1. The van der Waals surface area contributed by atoms with Crippen molar-refractivity contribution in [2.75, 3.05) is 4.72 Å². The average Bonchev–Trinajstić information content (AvgIpc) is 2.20. The molecule has 1 N–H and O–H groups in total. The maximum atomic E-state index is 12.6. The topological polar surface area (TPSA) is 70.0 Å². The summed E-state index contributed by atoms with van der Waals surface area (Å²) in [5, 5.41) is 8.54. The molecule has 0 fully saturated rings. The smallest absolute Gasteiger partial charge is 0.277 e. The van der Waals surface area contributed by atoms with Crippen LogP contribution in [0, 0.1) is 17.1 Å². The molecule has 0 bridgehead atoms. The van der Waals surface area contributed by atoms with Crippen LogP contribution in [0.5, 0.6) is 0 Å². The van der Waals surface area contributed by atoms with E-state index in [1.165, 1.54) is 10.8 Å². The van der Waals surface area contributed by atoms with Crippen molar-refractivity contribution in [1.29, 1.82) is 5.26 Å². The van der Waals surface area contributed by atoms with Crippen LogP contribution in [0.4, 0.5) is 18.9 Å². The molecular weight excluding hydrogens is 245 g/mol. The molecule has 1 rings (SSSR count). The molecule has 0 aliphatic carbocycles. The standard InChI is InChI=1S/C8H5F3N2O2S/c9-6-1-2-7(5(3-6)4-12)13-16(14,15)8(10)11/h1-3,8,13H. The van der Waals surface area contributed by atoms with Gasteiger partial charge in [0.25, 0.3) is 10.0 Å². The first-order valence-electron chi connectivity index (χ1n) is 3.86. The maximum Gasteiger partial charge on any atom is 0.355 e. The number of hydrogen-bond acceptors (Lipinski definition) is 3. The van der Waals surface area contributed by atoms with Gasteiger partial charge in [-0.05, 0) is 18.2 Å². The third kappa shape index (κ3) is 2.64. The Morgan fingerprint density at radius 3 is 2.50 bits per heavy atom. The minimum Gasteiger partial charge on any atom is -0.277 e. The molecular formula is C8H5F3N2O2S. The van der Waals surface area contributed by atoms with Crippen LogP contribution in [0.3, 0.4) is 0 Å². The Morgan fingerprint density at radius 1 is 1.38 bits per heavy atom. The summed E-state index contributed by atoms with van der Waals surface area (Å²) in [6.07, 6.45) is 0. The number of halogens is 3. The Kier molecular flexibility index (Phi) is 3.39. The number of nitrogens with one attached hydrogen (secondary N) is 1. The number of benzene rings is 1. The van der Waals surface area contributed by atoms with Crippen LogP contribution in [-0.2, 0) is 10.0 Å². The van der Waals surface area contributed by atoms with E-state index in [9.17, 15) is 21.6 Å². The van der Waals surface area contributed by atoms with Crippen molar-refractivity contribution in [2.24, 2.45) is 0 Å². The highest BCUT2D eigenvalue weighted by Crippen LogP contribution is 2.19. The molecule has 1 aromatic carbocycles. The number of hydrogen-bond donors (Lipinski definition) is 1. The van der Waals surface area contributed by atoms with E-state index in [1.54, 1.807) is 0 Å². The summed E-state index contributed by atoms with van der Waals surface area (Å²) >= 11 is 0. The zero-order chi connectivity index (χ0) is 12.3. The highest BCUT2D eigenvalue weighted by Gasteiger charge is 2.24. The van der Waals surface area contributed by atoms with E-state index in [0.29, 0.717) is 0 Å². The minimum atomic E-state index is -4.85. The molecule has 0 saturated heterocycles. The van der Waals surface area contributed by atoms with E-state index in [0.717, 1.165) is 18.2 Å². The monoisotopic (exact) mass is 250 g/mol. The Hall–Kier alpha value is -1.75. The second-order valence-corrected chi connectivity index (χ2v) is 4.36. The number of anilines is 1. The molecule has 0 radical (unpaired) electrons. The first-order valence-corrected chi connectivity index (χ1v) is 5.41. The molecule has 86 valence electrons. The molecule has 0 heterocycles. The summed E-state index contributed by atoms with van der Waals surface area (Å²) in [4.78, 5) is 0. The third-order valence-electron chi connectivity index (χ3n) is 1.59. The fourth-order valence-corrected chi connectivity index (χ4v) is 1.47. The van der Waals surface area contributed by atoms with Crippen molar-refractivity contribution in [3.8, 4) is 6.07 Å². The summed E-state index contributed by atoms with van der Waals surface area (Å²) in [6, 6.07) is 3.97. The van der Waals surface area contributed by atoms with Gasteiger partial charge in [-0.2, -0.15) is 14.0 Å². The van der Waals surface area contributed by atoms with Crippen molar-refractivity contribution < 1.29 is 21.6 Å². The van der Waals surface area contributed by atoms with Gasteiger partial charge in [-0.15, -0.1) is 0 Å². The van der Waals surface area contributed by atoms with Crippen molar-refractivity contribution in [3.63, 3.8) is 0 Å². The van der Waals surface area contributed by atoms with Crippen molar-refractivity contribution in [1.82, 2.24) is 0 Å². The number of nitriles is 1. The van der Waals surface area contributed by atoms with Gasteiger partial charge in [-0.1, -0.05) is 0 Å². The lowest BCUT2D eigenvalue weighted by molar-refractivity contribution is 0.236. The molecule has 0 atom stereocenters. The Labute approximate surface area is 89.4 Å². The lowest BCUT2D eigenvalue weighted by Gasteiger charge is -2.08. The largest absolute Gasteiger partial charge is 0.355 e. The normalized spacial score (nSPS) is 11.2. The van der Waals surface area contributed by atoms with Crippen LogP contribution in [0.15, 0.2) is 18.2 Å². The zero-order valence-electron chi connectivity index (χ0n) is 7.62. The third-order valence-corrected chi connectivity index (χ3v) is 2.56. The van der Waals surface area contributed by atoms with Gasteiger partial charge in [-0.3, -0.25) is 4.72 Å². The summed E-state index contributed by atoms with van der Waals surface area (Å²) < 4.78 is 59.7. The average molecular weight is 250 g/mol. The van der Waals surface area contributed by atoms with E-state index in [4.69, 9.17) is 5.26 Å². The summed E-state index contributed by atoms with van der Waals surface area (Å²) in [5.74, 6) is -4.39. The number of alkyl halides is 2. The first kappa shape index (κ1) is 12.3. The zero-order valence-corrected chi connectivity index (χ0v) is 8.43. The predicted octanol–water partition coefficient (Wildman–Crippen LogP) is 1.66. The molecule has 8 heteroatoms. The van der Waals surface area contributed by atoms with Crippen molar-refractivity contribution in [3.05, 3.63) is 29.6 Å². The molecule has 0 amide bonds. The SMILES string of the molecule is N#Cc1cc(F)ccc1NS(=O)(=O)C(F)F. The van der Waals surface area contributed by atoms with Crippen molar-refractivity contribution >= 4 is 15.7 Å². The molecule has 0 unspecified atom stereocenters. The Bertz CT molecular complexity index is 537. The number of sulfonamides is 1. The molecule has 16 heavy (non-hydrogen) atoms. The fourth-order valence-electron chi connectivity index (χ4n) is 0.896. The lowest BCUT2D eigenvalue weighted by Crippen LogP contribution is -2.21.